The Morgan fingerprint density at radius 2 is 1.95 bits per heavy atom. The Balaban J connectivity index is 1.63. The lowest BCUT2D eigenvalue weighted by molar-refractivity contribution is 0.287. The van der Waals surface area contributed by atoms with Gasteiger partial charge in [-0.3, -0.25) is 14.9 Å². The average molecular weight is 285 g/mol. The van der Waals surface area contributed by atoms with Crippen LogP contribution in [0.15, 0.2) is 31.1 Å². The van der Waals surface area contributed by atoms with Crippen LogP contribution in [0.25, 0.3) is 0 Å². The number of hydrogen-bond acceptors (Lipinski definition) is 4. The Kier molecular flexibility index (Phi) is 4.60. The summed E-state index contributed by atoms with van der Waals surface area (Å²) in [5.41, 5.74) is 2.30. The summed E-state index contributed by atoms with van der Waals surface area (Å²) in [4.78, 5) is 15.1. The lowest BCUT2D eigenvalue weighted by atomic mass is 9.95. The van der Waals surface area contributed by atoms with Crippen LogP contribution in [-0.2, 0) is 13.1 Å². The van der Waals surface area contributed by atoms with Crippen molar-refractivity contribution in [1.82, 2.24) is 24.4 Å². The summed E-state index contributed by atoms with van der Waals surface area (Å²) in [6.07, 6.45) is 15.9. The molecule has 0 aliphatic heterocycles. The third kappa shape index (κ3) is 3.67. The second-order valence-electron chi connectivity index (χ2n) is 5.95. The van der Waals surface area contributed by atoms with E-state index in [0.29, 0.717) is 6.04 Å². The van der Waals surface area contributed by atoms with E-state index in [1.165, 1.54) is 37.8 Å². The highest BCUT2D eigenvalue weighted by Gasteiger charge is 2.18. The van der Waals surface area contributed by atoms with Crippen molar-refractivity contribution >= 4 is 0 Å². The summed E-state index contributed by atoms with van der Waals surface area (Å²) in [7, 11) is 2.12. The number of hydrogen-bond donors (Lipinski definition) is 0. The van der Waals surface area contributed by atoms with Gasteiger partial charge in [0.25, 0.3) is 0 Å². The first-order valence-electron chi connectivity index (χ1n) is 7.77. The Morgan fingerprint density at radius 1 is 1.10 bits per heavy atom. The van der Waals surface area contributed by atoms with Crippen LogP contribution in [0.1, 0.15) is 49.5 Å². The van der Waals surface area contributed by atoms with Crippen molar-refractivity contribution in [2.24, 2.45) is 0 Å². The highest BCUT2D eigenvalue weighted by Crippen LogP contribution is 2.29. The summed E-state index contributed by atoms with van der Waals surface area (Å²) < 4.78 is 2.38. The molecule has 0 radical (unpaired) electrons. The largest absolute Gasteiger partial charge is 0.330 e. The zero-order valence-electron chi connectivity index (χ0n) is 12.6. The maximum absolute atomic E-state index is 4.37. The molecule has 2 heterocycles. The van der Waals surface area contributed by atoms with E-state index < -0.39 is 0 Å². The minimum Gasteiger partial charge on any atom is -0.330 e. The van der Waals surface area contributed by atoms with E-state index in [9.17, 15) is 0 Å². The molecule has 5 heteroatoms. The predicted molar refractivity (Wildman–Crippen MR) is 81.6 cm³/mol. The van der Waals surface area contributed by atoms with Crippen LogP contribution < -0.4 is 0 Å². The zero-order valence-corrected chi connectivity index (χ0v) is 12.6. The van der Waals surface area contributed by atoms with Gasteiger partial charge in [-0.25, -0.2) is 4.98 Å². The van der Waals surface area contributed by atoms with Gasteiger partial charge in [-0.1, -0.05) is 19.3 Å². The number of rotatable bonds is 5. The molecule has 0 aromatic carbocycles. The van der Waals surface area contributed by atoms with Crippen molar-refractivity contribution in [2.45, 2.75) is 51.2 Å². The Labute approximate surface area is 126 Å². The van der Waals surface area contributed by atoms with Crippen LogP contribution in [0, 0.1) is 0 Å². The van der Waals surface area contributed by atoms with E-state index in [0.717, 1.165) is 18.8 Å². The van der Waals surface area contributed by atoms with Crippen LogP contribution in [0.2, 0.25) is 0 Å². The molecule has 0 unspecified atom stereocenters. The Bertz CT molecular complexity index is 545. The standard InChI is InChI=1S/C16H23N5/c1-20(11-14-9-17-7-8-19-14)12-16-10-18-13-21(16)15-5-3-2-4-6-15/h7-10,13,15H,2-6,11-12H2,1H3. The first kappa shape index (κ1) is 14.2. The van der Waals surface area contributed by atoms with E-state index in [2.05, 4.69) is 31.5 Å². The second-order valence-corrected chi connectivity index (χ2v) is 5.95. The fourth-order valence-corrected chi connectivity index (χ4v) is 3.16. The summed E-state index contributed by atoms with van der Waals surface area (Å²) >= 11 is 0. The molecule has 112 valence electrons. The molecule has 2 aromatic rings. The minimum absolute atomic E-state index is 0.640. The Hall–Kier alpha value is -1.75. The van der Waals surface area contributed by atoms with Crippen LogP contribution in [-0.4, -0.2) is 31.5 Å². The van der Waals surface area contributed by atoms with E-state index in [4.69, 9.17) is 0 Å². The third-order valence-electron chi connectivity index (χ3n) is 4.19. The summed E-state index contributed by atoms with van der Waals surface area (Å²) in [5, 5.41) is 0. The first-order valence-corrected chi connectivity index (χ1v) is 7.77. The van der Waals surface area contributed by atoms with Crippen molar-refractivity contribution < 1.29 is 0 Å². The van der Waals surface area contributed by atoms with Crippen molar-refractivity contribution in [2.75, 3.05) is 7.05 Å². The molecule has 0 N–H and O–H groups in total. The summed E-state index contributed by atoms with van der Waals surface area (Å²) in [6, 6.07) is 0.640. The normalized spacial score (nSPS) is 16.5. The van der Waals surface area contributed by atoms with Gasteiger partial charge < -0.3 is 4.57 Å². The van der Waals surface area contributed by atoms with E-state index in [1.807, 2.05) is 18.7 Å². The smallest absolute Gasteiger partial charge is 0.0951 e. The molecule has 0 bridgehead atoms. The van der Waals surface area contributed by atoms with Gasteiger partial charge in [0, 0.05) is 43.9 Å². The summed E-state index contributed by atoms with van der Waals surface area (Å²) in [6.45, 7) is 1.71. The SMILES string of the molecule is CN(Cc1cnccn1)Cc1cncn1C1CCCCC1. The first-order chi connectivity index (χ1) is 10.3. The molecule has 2 aromatic heterocycles. The fraction of sp³-hybridized carbons (Fsp3) is 0.562. The highest BCUT2D eigenvalue weighted by molar-refractivity contribution is 5.02. The molecule has 0 atom stereocenters. The van der Waals surface area contributed by atoms with Crippen molar-refractivity contribution in [3.8, 4) is 0 Å². The van der Waals surface area contributed by atoms with Gasteiger partial charge in [-0.05, 0) is 19.9 Å². The monoisotopic (exact) mass is 285 g/mol. The molecular weight excluding hydrogens is 262 g/mol. The molecule has 1 aliphatic rings. The molecule has 0 amide bonds. The van der Waals surface area contributed by atoms with E-state index >= 15 is 0 Å². The van der Waals surface area contributed by atoms with E-state index in [-0.39, 0.29) is 0 Å². The molecule has 0 saturated heterocycles. The molecule has 1 aliphatic carbocycles. The molecule has 5 nitrogen and oxygen atoms in total. The maximum atomic E-state index is 4.37. The van der Waals surface area contributed by atoms with Gasteiger partial charge in [0.05, 0.1) is 17.7 Å². The van der Waals surface area contributed by atoms with Crippen molar-refractivity contribution in [1.29, 1.82) is 0 Å². The molecule has 3 rings (SSSR count). The lowest BCUT2D eigenvalue weighted by Gasteiger charge is -2.26. The van der Waals surface area contributed by atoms with E-state index in [1.54, 1.807) is 12.4 Å². The molecule has 1 saturated carbocycles. The van der Waals surface area contributed by atoms with Crippen LogP contribution >= 0.6 is 0 Å². The zero-order chi connectivity index (χ0) is 14.5. The molecular formula is C16H23N5. The second kappa shape index (κ2) is 6.80. The lowest BCUT2D eigenvalue weighted by Crippen LogP contribution is -2.22. The fourth-order valence-electron chi connectivity index (χ4n) is 3.16. The van der Waals surface area contributed by atoms with Crippen molar-refractivity contribution in [3.05, 3.63) is 42.5 Å². The van der Waals surface area contributed by atoms with Gasteiger partial charge in [0.1, 0.15) is 0 Å². The molecule has 1 fully saturated rings. The number of imidazole rings is 1. The number of aromatic nitrogens is 4. The van der Waals surface area contributed by atoms with Gasteiger partial charge >= 0.3 is 0 Å². The van der Waals surface area contributed by atoms with Crippen LogP contribution in [0.4, 0.5) is 0 Å². The van der Waals surface area contributed by atoms with Crippen LogP contribution in [0.3, 0.4) is 0 Å². The maximum Gasteiger partial charge on any atom is 0.0951 e. The highest BCUT2D eigenvalue weighted by atomic mass is 15.2. The third-order valence-corrected chi connectivity index (χ3v) is 4.19. The van der Waals surface area contributed by atoms with Crippen LogP contribution in [0.5, 0.6) is 0 Å². The van der Waals surface area contributed by atoms with Gasteiger partial charge in [0.15, 0.2) is 0 Å². The average Bonchev–Trinajstić information content (AvgIpc) is 2.97. The Morgan fingerprint density at radius 3 is 2.71 bits per heavy atom. The molecule has 21 heavy (non-hydrogen) atoms. The van der Waals surface area contributed by atoms with Gasteiger partial charge in [-0.2, -0.15) is 0 Å². The summed E-state index contributed by atoms with van der Waals surface area (Å²) in [5.74, 6) is 0. The topological polar surface area (TPSA) is 46.8 Å². The molecule has 0 spiro atoms. The number of nitrogens with zero attached hydrogens (tertiary/aromatic N) is 5. The quantitative estimate of drug-likeness (QED) is 0.847. The van der Waals surface area contributed by atoms with Crippen molar-refractivity contribution in [3.63, 3.8) is 0 Å². The minimum atomic E-state index is 0.640. The predicted octanol–water partition coefficient (Wildman–Crippen LogP) is 2.81. The van der Waals surface area contributed by atoms with Gasteiger partial charge in [0.2, 0.25) is 0 Å². The van der Waals surface area contributed by atoms with Gasteiger partial charge in [-0.15, -0.1) is 0 Å².